The summed E-state index contributed by atoms with van der Waals surface area (Å²) in [5.41, 5.74) is 1.80. The van der Waals surface area contributed by atoms with Crippen molar-refractivity contribution in [1.29, 1.82) is 0 Å². The second kappa shape index (κ2) is 6.80. The molecule has 2 heterocycles. The van der Waals surface area contributed by atoms with Crippen molar-refractivity contribution in [3.63, 3.8) is 0 Å². The molecule has 1 amide bonds. The average molecular weight is 378 g/mol. The fourth-order valence-electron chi connectivity index (χ4n) is 1.93. The molecule has 0 saturated carbocycles. The van der Waals surface area contributed by atoms with Crippen molar-refractivity contribution in [2.75, 3.05) is 0 Å². The van der Waals surface area contributed by atoms with E-state index in [1.165, 1.54) is 6.33 Å². The number of nitrogens with one attached hydrogen (secondary N) is 1. The number of hydrogen-bond donors (Lipinski definition) is 1. The van der Waals surface area contributed by atoms with Gasteiger partial charge in [-0.3, -0.25) is 4.79 Å². The van der Waals surface area contributed by atoms with Crippen LogP contribution >= 0.6 is 27.3 Å². The monoisotopic (exact) mass is 377 g/mol. The van der Waals surface area contributed by atoms with Crippen LogP contribution in [0.25, 0.3) is 5.69 Å². The van der Waals surface area contributed by atoms with Crippen LogP contribution in [0, 0.1) is 0 Å². The van der Waals surface area contributed by atoms with Crippen molar-refractivity contribution >= 4 is 33.2 Å². The zero-order chi connectivity index (χ0) is 15.4. The van der Waals surface area contributed by atoms with Gasteiger partial charge >= 0.3 is 0 Å². The Balaban J connectivity index is 1.55. The lowest BCUT2D eigenvalue weighted by Gasteiger charge is -2.05. The molecule has 0 saturated heterocycles. The van der Waals surface area contributed by atoms with Gasteiger partial charge < -0.3 is 5.32 Å². The number of carbonyl (C=O) groups is 1. The van der Waals surface area contributed by atoms with E-state index in [4.69, 9.17) is 0 Å². The van der Waals surface area contributed by atoms with Crippen LogP contribution in [0.1, 0.15) is 10.4 Å². The van der Waals surface area contributed by atoms with E-state index in [1.54, 1.807) is 16.0 Å². The van der Waals surface area contributed by atoms with Crippen LogP contribution in [0.15, 0.2) is 46.5 Å². The number of aromatic nitrogens is 4. The van der Waals surface area contributed by atoms with Gasteiger partial charge in [0.15, 0.2) is 0 Å². The molecule has 0 unspecified atom stereocenters. The van der Waals surface area contributed by atoms with Crippen LogP contribution in [0.4, 0.5) is 0 Å². The summed E-state index contributed by atoms with van der Waals surface area (Å²) in [5, 5.41) is 13.9. The van der Waals surface area contributed by atoms with Crippen LogP contribution in [0.2, 0.25) is 0 Å². The Bertz CT molecular complexity index is 754. The van der Waals surface area contributed by atoms with E-state index in [2.05, 4.69) is 36.8 Å². The molecular formula is C14H12BrN5OS. The quantitative estimate of drug-likeness (QED) is 0.740. The zero-order valence-corrected chi connectivity index (χ0v) is 13.8. The van der Waals surface area contributed by atoms with Crippen LogP contribution in [-0.2, 0) is 17.8 Å². The Morgan fingerprint density at radius 3 is 2.68 bits per heavy atom. The Labute approximate surface area is 139 Å². The molecular weight excluding hydrogens is 366 g/mol. The first-order valence-electron chi connectivity index (χ1n) is 6.54. The highest BCUT2D eigenvalue weighted by molar-refractivity contribution is 9.11. The molecule has 0 aliphatic carbocycles. The van der Waals surface area contributed by atoms with Gasteiger partial charge in [-0.25, -0.2) is 4.68 Å². The van der Waals surface area contributed by atoms with Crippen molar-refractivity contribution in [3.8, 4) is 5.69 Å². The van der Waals surface area contributed by atoms with Crippen LogP contribution in [0.5, 0.6) is 0 Å². The first-order chi connectivity index (χ1) is 10.7. The first-order valence-corrected chi connectivity index (χ1v) is 8.15. The van der Waals surface area contributed by atoms with Gasteiger partial charge in [0.05, 0.1) is 22.4 Å². The molecule has 0 aliphatic rings. The number of carbonyl (C=O) groups excluding carboxylic acids is 1. The molecule has 112 valence electrons. The van der Waals surface area contributed by atoms with E-state index in [-0.39, 0.29) is 5.91 Å². The highest BCUT2D eigenvalue weighted by Crippen LogP contribution is 2.21. The molecule has 22 heavy (non-hydrogen) atoms. The molecule has 0 aliphatic heterocycles. The maximum absolute atomic E-state index is 12.0. The standard InChI is InChI=1S/C14H12BrN5OS/c15-13-6-5-12(22-13)8-16-14(21)7-10-1-3-11(4-2-10)20-9-17-18-19-20/h1-6,9H,7-8H2,(H,16,21). The minimum absolute atomic E-state index is 0.000282. The second-order valence-corrected chi connectivity index (χ2v) is 7.13. The maximum atomic E-state index is 12.0. The third-order valence-electron chi connectivity index (χ3n) is 3.00. The maximum Gasteiger partial charge on any atom is 0.224 e. The number of amides is 1. The summed E-state index contributed by atoms with van der Waals surface area (Å²) in [5.74, 6) is -0.000282. The lowest BCUT2D eigenvalue weighted by molar-refractivity contribution is -0.120. The summed E-state index contributed by atoms with van der Waals surface area (Å²) in [6, 6.07) is 11.5. The highest BCUT2D eigenvalue weighted by Gasteiger charge is 2.05. The van der Waals surface area contributed by atoms with Crippen molar-refractivity contribution in [2.24, 2.45) is 0 Å². The number of halogens is 1. The fraction of sp³-hybridized carbons (Fsp3) is 0.143. The molecule has 3 rings (SSSR count). The zero-order valence-electron chi connectivity index (χ0n) is 11.4. The second-order valence-electron chi connectivity index (χ2n) is 4.58. The summed E-state index contributed by atoms with van der Waals surface area (Å²) in [4.78, 5) is 13.1. The van der Waals surface area contributed by atoms with Crippen molar-refractivity contribution < 1.29 is 4.79 Å². The Morgan fingerprint density at radius 1 is 1.23 bits per heavy atom. The summed E-state index contributed by atoms with van der Waals surface area (Å²) < 4.78 is 2.63. The third kappa shape index (κ3) is 3.77. The fourth-order valence-corrected chi connectivity index (χ4v) is 3.35. The summed E-state index contributed by atoms with van der Waals surface area (Å²) in [6.07, 6.45) is 1.88. The molecule has 1 N–H and O–H groups in total. The largest absolute Gasteiger partial charge is 0.351 e. The van der Waals surface area contributed by atoms with E-state index >= 15 is 0 Å². The van der Waals surface area contributed by atoms with E-state index < -0.39 is 0 Å². The van der Waals surface area contributed by atoms with Gasteiger partial charge in [0.2, 0.25) is 5.91 Å². The van der Waals surface area contributed by atoms with E-state index in [0.29, 0.717) is 13.0 Å². The molecule has 8 heteroatoms. The number of benzene rings is 1. The van der Waals surface area contributed by atoms with E-state index in [0.717, 1.165) is 19.9 Å². The molecule has 1 aromatic carbocycles. The van der Waals surface area contributed by atoms with Crippen LogP contribution in [-0.4, -0.2) is 26.1 Å². The summed E-state index contributed by atoms with van der Waals surface area (Å²) in [7, 11) is 0. The number of rotatable bonds is 5. The minimum atomic E-state index is -0.000282. The van der Waals surface area contributed by atoms with Crippen molar-refractivity contribution in [2.45, 2.75) is 13.0 Å². The van der Waals surface area contributed by atoms with Gasteiger partial charge in [-0.2, -0.15) is 0 Å². The van der Waals surface area contributed by atoms with Crippen molar-refractivity contribution in [1.82, 2.24) is 25.5 Å². The topological polar surface area (TPSA) is 72.7 Å². The Morgan fingerprint density at radius 2 is 2.05 bits per heavy atom. The lowest BCUT2D eigenvalue weighted by Crippen LogP contribution is -2.24. The van der Waals surface area contributed by atoms with Crippen LogP contribution in [0.3, 0.4) is 0 Å². The van der Waals surface area contributed by atoms with Crippen LogP contribution < -0.4 is 5.32 Å². The van der Waals surface area contributed by atoms with Crippen molar-refractivity contribution in [3.05, 3.63) is 57.0 Å². The molecule has 0 atom stereocenters. The third-order valence-corrected chi connectivity index (χ3v) is 4.63. The molecule has 0 fully saturated rings. The highest BCUT2D eigenvalue weighted by atomic mass is 79.9. The van der Waals surface area contributed by atoms with E-state index in [9.17, 15) is 4.79 Å². The van der Waals surface area contributed by atoms with Gasteiger partial charge in [-0.05, 0) is 56.2 Å². The summed E-state index contributed by atoms with van der Waals surface area (Å²) >= 11 is 5.02. The molecule has 0 spiro atoms. The number of thiophene rings is 1. The molecule has 0 radical (unpaired) electrons. The molecule has 0 bridgehead atoms. The Kier molecular flexibility index (Phi) is 4.59. The first kappa shape index (κ1) is 14.9. The predicted molar refractivity (Wildman–Crippen MR) is 86.7 cm³/mol. The summed E-state index contributed by atoms with van der Waals surface area (Å²) in [6.45, 7) is 0.553. The average Bonchev–Trinajstić information content (AvgIpc) is 3.17. The van der Waals surface area contributed by atoms with Gasteiger partial charge in [-0.1, -0.05) is 12.1 Å². The molecule has 6 nitrogen and oxygen atoms in total. The number of tetrazole rings is 1. The number of hydrogen-bond acceptors (Lipinski definition) is 5. The van der Waals surface area contributed by atoms with Gasteiger partial charge in [-0.15, -0.1) is 16.4 Å². The number of nitrogens with zero attached hydrogens (tertiary/aromatic N) is 4. The SMILES string of the molecule is O=C(Cc1ccc(-n2cnnn2)cc1)NCc1ccc(Br)s1. The molecule has 2 aromatic heterocycles. The molecule has 3 aromatic rings. The van der Waals surface area contributed by atoms with Gasteiger partial charge in [0.1, 0.15) is 6.33 Å². The Hall–Kier alpha value is -2.06. The van der Waals surface area contributed by atoms with E-state index in [1.807, 2.05) is 36.4 Å². The van der Waals surface area contributed by atoms with Gasteiger partial charge in [0, 0.05) is 4.88 Å². The minimum Gasteiger partial charge on any atom is -0.351 e. The van der Waals surface area contributed by atoms with Gasteiger partial charge in [0.25, 0.3) is 0 Å². The normalized spacial score (nSPS) is 10.6. The lowest BCUT2D eigenvalue weighted by atomic mass is 10.1. The predicted octanol–water partition coefficient (Wildman–Crippen LogP) is 2.35. The smallest absolute Gasteiger partial charge is 0.224 e.